The SMILES string of the molecule is CC.COC.COC.c1ccccc1.c1ccccc1. The van der Waals surface area contributed by atoms with Gasteiger partial charge < -0.3 is 9.47 Å². The third-order valence-electron chi connectivity index (χ3n) is 1.33. The molecule has 0 N–H and O–H groups in total. The van der Waals surface area contributed by atoms with E-state index < -0.39 is 0 Å². The van der Waals surface area contributed by atoms with Crippen molar-refractivity contribution in [1.29, 1.82) is 0 Å². The van der Waals surface area contributed by atoms with E-state index in [1.807, 2.05) is 86.6 Å². The molecule has 0 amide bonds. The highest BCUT2D eigenvalue weighted by molar-refractivity contribution is 4.99. The molecule has 0 spiro atoms. The Morgan fingerprint density at radius 1 is 0.350 bits per heavy atom. The van der Waals surface area contributed by atoms with Crippen molar-refractivity contribution in [2.24, 2.45) is 0 Å². The third kappa shape index (κ3) is 36.0. The molecule has 0 heterocycles. The van der Waals surface area contributed by atoms with Crippen LogP contribution in [-0.2, 0) is 9.47 Å². The largest absolute Gasteiger partial charge is 0.388 e. The predicted octanol–water partition coefficient (Wildman–Crippen LogP) is 4.92. The lowest BCUT2D eigenvalue weighted by atomic mass is 10.4. The Morgan fingerprint density at radius 2 is 0.400 bits per heavy atom. The second-order valence-corrected chi connectivity index (χ2v) is 3.13. The molecule has 0 bridgehead atoms. The van der Waals surface area contributed by atoms with Crippen LogP contribution in [0.15, 0.2) is 72.8 Å². The number of hydrogen-bond donors (Lipinski definition) is 0. The Labute approximate surface area is 125 Å². The molecule has 20 heavy (non-hydrogen) atoms. The van der Waals surface area contributed by atoms with Crippen molar-refractivity contribution < 1.29 is 9.47 Å². The van der Waals surface area contributed by atoms with Gasteiger partial charge in [0.1, 0.15) is 0 Å². The van der Waals surface area contributed by atoms with E-state index in [-0.39, 0.29) is 0 Å². The van der Waals surface area contributed by atoms with Gasteiger partial charge in [-0.05, 0) is 0 Å². The van der Waals surface area contributed by atoms with Crippen LogP contribution in [0, 0.1) is 0 Å². The minimum absolute atomic E-state index is 1.62. The molecule has 2 rings (SSSR count). The molecule has 0 saturated carbocycles. The highest BCUT2D eigenvalue weighted by atomic mass is 16.5. The summed E-state index contributed by atoms with van der Waals surface area (Å²) in [6.07, 6.45) is 0. The van der Waals surface area contributed by atoms with Gasteiger partial charge in [0.05, 0.1) is 0 Å². The van der Waals surface area contributed by atoms with Crippen molar-refractivity contribution in [3.05, 3.63) is 72.8 Å². The first kappa shape index (κ1) is 23.5. The van der Waals surface area contributed by atoms with Gasteiger partial charge in [0, 0.05) is 28.4 Å². The summed E-state index contributed by atoms with van der Waals surface area (Å²) in [5, 5.41) is 0. The summed E-state index contributed by atoms with van der Waals surface area (Å²) < 4.78 is 8.50. The van der Waals surface area contributed by atoms with E-state index in [0.29, 0.717) is 0 Å². The molecule has 2 aromatic carbocycles. The van der Waals surface area contributed by atoms with Gasteiger partial charge >= 0.3 is 0 Å². The van der Waals surface area contributed by atoms with E-state index in [1.165, 1.54) is 0 Å². The van der Waals surface area contributed by atoms with Gasteiger partial charge in [-0.3, -0.25) is 0 Å². The topological polar surface area (TPSA) is 18.5 Å². The monoisotopic (exact) mass is 278 g/mol. The lowest BCUT2D eigenvalue weighted by Crippen LogP contribution is -1.55. The summed E-state index contributed by atoms with van der Waals surface area (Å²) in [6.45, 7) is 4.00. The number of hydrogen-bond acceptors (Lipinski definition) is 2. The Bertz CT molecular complexity index is 209. The van der Waals surface area contributed by atoms with Crippen molar-refractivity contribution >= 4 is 0 Å². The summed E-state index contributed by atoms with van der Waals surface area (Å²) >= 11 is 0. The van der Waals surface area contributed by atoms with Crippen LogP contribution in [0.4, 0.5) is 0 Å². The fourth-order valence-corrected chi connectivity index (χ4v) is 0.770. The lowest BCUT2D eigenvalue weighted by Gasteiger charge is -1.69. The van der Waals surface area contributed by atoms with Crippen molar-refractivity contribution in [1.82, 2.24) is 0 Å². The van der Waals surface area contributed by atoms with Crippen LogP contribution < -0.4 is 0 Å². The molecule has 0 saturated heterocycles. The molecular formula is C18H30O2. The number of benzene rings is 2. The molecule has 114 valence electrons. The van der Waals surface area contributed by atoms with Gasteiger partial charge in [-0.2, -0.15) is 0 Å². The van der Waals surface area contributed by atoms with Crippen LogP contribution in [0.5, 0.6) is 0 Å². The Kier molecular flexibility index (Phi) is 35.7. The number of methoxy groups -OCH3 is 2. The zero-order valence-corrected chi connectivity index (χ0v) is 13.7. The Morgan fingerprint density at radius 3 is 0.450 bits per heavy atom. The van der Waals surface area contributed by atoms with Gasteiger partial charge in [0.2, 0.25) is 0 Å². The minimum Gasteiger partial charge on any atom is -0.388 e. The van der Waals surface area contributed by atoms with Crippen LogP contribution in [0.2, 0.25) is 0 Å². The van der Waals surface area contributed by atoms with Gasteiger partial charge in [-0.15, -0.1) is 0 Å². The second-order valence-electron chi connectivity index (χ2n) is 3.13. The summed E-state index contributed by atoms with van der Waals surface area (Å²) in [4.78, 5) is 0. The minimum atomic E-state index is 1.62. The molecule has 2 aromatic rings. The first-order valence-corrected chi connectivity index (χ1v) is 6.63. The fourth-order valence-electron chi connectivity index (χ4n) is 0.770. The highest BCUT2D eigenvalue weighted by Gasteiger charge is 1.58. The van der Waals surface area contributed by atoms with Crippen molar-refractivity contribution in [2.75, 3.05) is 28.4 Å². The third-order valence-corrected chi connectivity index (χ3v) is 1.33. The van der Waals surface area contributed by atoms with Gasteiger partial charge in [0.15, 0.2) is 0 Å². The van der Waals surface area contributed by atoms with E-state index in [4.69, 9.17) is 0 Å². The first-order valence-electron chi connectivity index (χ1n) is 6.63. The molecule has 0 unspecified atom stereocenters. The first-order chi connectivity index (χ1) is 9.83. The van der Waals surface area contributed by atoms with E-state index in [0.717, 1.165) is 0 Å². The Balaban J connectivity index is -0.000000195. The second kappa shape index (κ2) is 30.4. The summed E-state index contributed by atoms with van der Waals surface area (Å²) in [6, 6.07) is 24.0. The maximum absolute atomic E-state index is 4.25. The maximum atomic E-state index is 4.25. The molecule has 2 nitrogen and oxygen atoms in total. The van der Waals surface area contributed by atoms with Crippen molar-refractivity contribution in [3.8, 4) is 0 Å². The molecule has 0 aromatic heterocycles. The van der Waals surface area contributed by atoms with E-state index in [9.17, 15) is 0 Å². The van der Waals surface area contributed by atoms with Crippen molar-refractivity contribution in [2.45, 2.75) is 13.8 Å². The molecular weight excluding hydrogens is 248 g/mol. The maximum Gasteiger partial charge on any atom is 0.0351 e. The van der Waals surface area contributed by atoms with Crippen LogP contribution in [0.1, 0.15) is 13.8 Å². The zero-order chi connectivity index (χ0) is 15.9. The summed E-state index contributed by atoms with van der Waals surface area (Å²) in [5.41, 5.74) is 0. The predicted molar refractivity (Wildman–Crippen MR) is 90.1 cm³/mol. The van der Waals surface area contributed by atoms with E-state index >= 15 is 0 Å². The van der Waals surface area contributed by atoms with Crippen LogP contribution in [0.25, 0.3) is 0 Å². The van der Waals surface area contributed by atoms with E-state index in [1.54, 1.807) is 28.4 Å². The van der Waals surface area contributed by atoms with Gasteiger partial charge in [-0.1, -0.05) is 86.6 Å². The van der Waals surface area contributed by atoms with Gasteiger partial charge in [-0.25, -0.2) is 0 Å². The smallest absolute Gasteiger partial charge is 0.0351 e. The summed E-state index contributed by atoms with van der Waals surface area (Å²) in [7, 11) is 6.50. The van der Waals surface area contributed by atoms with Crippen molar-refractivity contribution in [3.63, 3.8) is 0 Å². The van der Waals surface area contributed by atoms with Gasteiger partial charge in [0.25, 0.3) is 0 Å². The Hall–Kier alpha value is -1.64. The highest BCUT2D eigenvalue weighted by Crippen LogP contribution is 1.80. The average molecular weight is 278 g/mol. The zero-order valence-electron chi connectivity index (χ0n) is 13.7. The average Bonchev–Trinajstić information content (AvgIpc) is 2.55. The molecule has 0 aliphatic rings. The molecule has 0 radical (unpaired) electrons. The van der Waals surface area contributed by atoms with E-state index in [2.05, 4.69) is 9.47 Å². The van der Waals surface area contributed by atoms with Crippen LogP contribution >= 0.6 is 0 Å². The number of rotatable bonds is 0. The van der Waals surface area contributed by atoms with Crippen LogP contribution in [0.3, 0.4) is 0 Å². The van der Waals surface area contributed by atoms with Crippen LogP contribution in [-0.4, -0.2) is 28.4 Å². The normalized spacial score (nSPS) is 6.90. The lowest BCUT2D eigenvalue weighted by molar-refractivity contribution is 0.277. The molecule has 0 fully saturated rings. The quantitative estimate of drug-likeness (QED) is 0.680. The number of ether oxygens (including phenoxy) is 2. The molecule has 0 atom stereocenters. The fraction of sp³-hybridized carbons (Fsp3) is 0.333. The summed E-state index contributed by atoms with van der Waals surface area (Å²) in [5.74, 6) is 0. The standard InChI is InChI=1S/2C6H6.2C2H6O.C2H6/c2*1-2-4-6-5-3-1;2*1-3-2;1-2/h2*1-6H;2*1-2H3;1-2H3. The molecule has 2 heteroatoms. The molecule has 0 aliphatic heterocycles. The molecule has 0 aliphatic carbocycles.